The summed E-state index contributed by atoms with van der Waals surface area (Å²) in [6.45, 7) is 11.6. The first-order valence-electron chi connectivity index (χ1n) is 6.79. The molecule has 0 aliphatic heterocycles. The molecule has 0 bridgehead atoms. The Morgan fingerprint density at radius 1 is 1.06 bits per heavy atom. The first kappa shape index (κ1) is 16.7. The number of hydrogen-bond donors (Lipinski definition) is 0. The van der Waals surface area contributed by atoms with Gasteiger partial charge in [0.2, 0.25) is 0 Å². The van der Waals surface area contributed by atoms with Crippen LogP contribution in [0.15, 0.2) is 0 Å². The summed E-state index contributed by atoms with van der Waals surface area (Å²) < 4.78 is 0.540. The van der Waals surface area contributed by atoms with Gasteiger partial charge in [-0.25, -0.2) is 0 Å². The molecule has 16 heavy (non-hydrogen) atoms. The van der Waals surface area contributed by atoms with Crippen LogP contribution in [-0.2, 0) is 0 Å². The van der Waals surface area contributed by atoms with Crippen LogP contribution in [0.5, 0.6) is 0 Å². The highest BCUT2D eigenvalue weighted by molar-refractivity contribution is 8.00. The van der Waals surface area contributed by atoms with Gasteiger partial charge in [0.15, 0.2) is 0 Å². The lowest BCUT2D eigenvalue weighted by Gasteiger charge is -2.27. The minimum atomic E-state index is 0.540. The van der Waals surface area contributed by atoms with Gasteiger partial charge in [-0.1, -0.05) is 41.0 Å². The number of thioether (sulfide) groups is 2. The molecule has 0 rings (SSSR count). The topological polar surface area (TPSA) is 0 Å². The minimum Gasteiger partial charge on any atom is -0.159 e. The van der Waals surface area contributed by atoms with Gasteiger partial charge >= 0.3 is 0 Å². The first-order valence-corrected chi connectivity index (χ1v) is 8.83. The van der Waals surface area contributed by atoms with Gasteiger partial charge in [0.1, 0.15) is 0 Å². The molecule has 0 aromatic carbocycles. The van der Waals surface area contributed by atoms with E-state index in [0.717, 1.165) is 5.25 Å². The van der Waals surface area contributed by atoms with Gasteiger partial charge in [-0.2, -0.15) is 23.5 Å². The second-order valence-electron chi connectivity index (χ2n) is 5.03. The minimum absolute atomic E-state index is 0.540. The Morgan fingerprint density at radius 2 is 1.75 bits per heavy atom. The maximum absolute atomic E-state index is 2.45. The van der Waals surface area contributed by atoms with E-state index in [1.165, 1.54) is 43.6 Å². The van der Waals surface area contributed by atoms with Crippen LogP contribution in [0.3, 0.4) is 0 Å². The van der Waals surface area contributed by atoms with E-state index in [1.54, 1.807) is 0 Å². The lowest BCUT2D eigenvalue weighted by atomic mass is 10.0. The zero-order valence-electron chi connectivity index (χ0n) is 11.8. The van der Waals surface area contributed by atoms with Crippen molar-refractivity contribution in [2.45, 2.75) is 76.7 Å². The van der Waals surface area contributed by atoms with Crippen LogP contribution >= 0.6 is 23.5 Å². The molecule has 0 radical (unpaired) electrons. The van der Waals surface area contributed by atoms with Gasteiger partial charge < -0.3 is 0 Å². The van der Waals surface area contributed by atoms with E-state index in [1.807, 2.05) is 0 Å². The van der Waals surface area contributed by atoms with Crippen molar-refractivity contribution in [1.82, 2.24) is 0 Å². The van der Waals surface area contributed by atoms with Crippen LogP contribution in [0.25, 0.3) is 0 Å². The summed E-state index contributed by atoms with van der Waals surface area (Å²) in [5, 5.41) is 0.798. The monoisotopic (exact) mass is 262 g/mol. The van der Waals surface area contributed by atoms with Gasteiger partial charge in [0, 0.05) is 4.75 Å². The fourth-order valence-electron chi connectivity index (χ4n) is 1.62. The standard InChI is InChI=1S/C14H30S2/c1-6-11-16-14(5,7-2)10-8-9-12-15-13(3)4/h13H,6-12H2,1-5H3. The molecule has 0 aliphatic rings. The Morgan fingerprint density at radius 3 is 2.25 bits per heavy atom. The Balaban J connectivity index is 3.61. The van der Waals surface area contributed by atoms with E-state index in [-0.39, 0.29) is 0 Å². The summed E-state index contributed by atoms with van der Waals surface area (Å²) in [5.41, 5.74) is 0. The summed E-state index contributed by atoms with van der Waals surface area (Å²) in [5.74, 6) is 2.67. The molecule has 0 fully saturated rings. The first-order chi connectivity index (χ1) is 7.54. The highest BCUT2D eigenvalue weighted by Crippen LogP contribution is 2.34. The van der Waals surface area contributed by atoms with E-state index >= 15 is 0 Å². The van der Waals surface area contributed by atoms with Crippen LogP contribution < -0.4 is 0 Å². The van der Waals surface area contributed by atoms with Crippen molar-refractivity contribution in [1.29, 1.82) is 0 Å². The Labute approximate surface area is 112 Å². The Kier molecular flexibility index (Phi) is 10.1. The second-order valence-corrected chi connectivity index (χ2v) is 8.40. The molecule has 1 atom stereocenters. The summed E-state index contributed by atoms with van der Waals surface area (Å²) in [6.07, 6.45) is 6.82. The van der Waals surface area contributed by atoms with E-state index in [2.05, 4.69) is 58.1 Å². The maximum Gasteiger partial charge on any atom is 0.0129 e. The summed E-state index contributed by atoms with van der Waals surface area (Å²) in [4.78, 5) is 0. The van der Waals surface area contributed by atoms with E-state index in [9.17, 15) is 0 Å². The van der Waals surface area contributed by atoms with E-state index in [4.69, 9.17) is 0 Å². The van der Waals surface area contributed by atoms with Crippen molar-refractivity contribution >= 4 is 23.5 Å². The fourth-order valence-corrected chi connectivity index (χ4v) is 3.65. The maximum atomic E-state index is 2.45. The molecule has 0 spiro atoms. The fraction of sp³-hybridized carbons (Fsp3) is 1.00. The summed E-state index contributed by atoms with van der Waals surface area (Å²) >= 11 is 4.28. The molecular weight excluding hydrogens is 232 g/mol. The smallest absolute Gasteiger partial charge is 0.0129 e. The molecule has 0 aromatic rings. The lowest BCUT2D eigenvalue weighted by molar-refractivity contribution is 0.539. The highest BCUT2D eigenvalue weighted by atomic mass is 32.2. The average molecular weight is 263 g/mol. The van der Waals surface area contributed by atoms with Gasteiger partial charge in [0.05, 0.1) is 0 Å². The average Bonchev–Trinajstić information content (AvgIpc) is 2.25. The molecule has 0 saturated carbocycles. The lowest BCUT2D eigenvalue weighted by Crippen LogP contribution is -2.19. The van der Waals surface area contributed by atoms with Crippen molar-refractivity contribution in [3.05, 3.63) is 0 Å². The van der Waals surface area contributed by atoms with Crippen molar-refractivity contribution < 1.29 is 0 Å². The number of hydrogen-bond acceptors (Lipinski definition) is 2. The third kappa shape index (κ3) is 8.81. The molecule has 0 nitrogen and oxygen atoms in total. The van der Waals surface area contributed by atoms with Crippen molar-refractivity contribution in [2.75, 3.05) is 11.5 Å². The second kappa shape index (κ2) is 9.70. The van der Waals surface area contributed by atoms with Crippen molar-refractivity contribution in [3.63, 3.8) is 0 Å². The van der Waals surface area contributed by atoms with Gasteiger partial charge in [-0.3, -0.25) is 0 Å². The van der Waals surface area contributed by atoms with Crippen molar-refractivity contribution in [3.8, 4) is 0 Å². The predicted octanol–water partition coefficient (Wildman–Crippen LogP) is 5.61. The van der Waals surface area contributed by atoms with Gasteiger partial charge in [0.25, 0.3) is 0 Å². The normalized spacial score (nSPS) is 15.4. The molecule has 0 aromatic heterocycles. The van der Waals surface area contributed by atoms with Gasteiger partial charge in [-0.15, -0.1) is 0 Å². The Bertz CT molecular complexity index is 157. The van der Waals surface area contributed by atoms with Crippen LogP contribution in [-0.4, -0.2) is 21.5 Å². The summed E-state index contributed by atoms with van der Waals surface area (Å²) in [6, 6.07) is 0. The quantitative estimate of drug-likeness (QED) is 0.469. The predicted molar refractivity (Wildman–Crippen MR) is 82.9 cm³/mol. The molecule has 0 heterocycles. The molecule has 0 N–H and O–H groups in total. The van der Waals surface area contributed by atoms with E-state index in [0.29, 0.717) is 4.75 Å². The van der Waals surface area contributed by atoms with Crippen LogP contribution in [0.1, 0.15) is 66.7 Å². The zero-order valence-corrected chi connectivity index (χ0v) is 13.5. The van der Waals surface area contributed by atoms with Crippen LogP contribution in [0.2, 0.25) is 0 Å². The summed E-state index contributed by atoms with van der Waals surface area (Å²) in [7, 11) is 0. The molecule has 98 valence electrons. The zero-order chi connectivity index (χ0) is 12.4. The third-order valence-corrected chi connectivity index (χ3v) is 5.95. The molecular formula is C14H30S2. The third-order valence-electron chi connectivity index (χ3n) is 2.95. The molecule has 2 heteroatoms. The number of rotatable bonds is 10. The van der Waals surface area contributed by atoms with Crippen LogP contribution in [0.4, 0.5) is 0 Å². The molecule has 0 saturated heterocycles. The molecule has 0 amide bonds. The SMILES string of the molecule is CCCSC(C)(CC)CCCCSC(C)C. The molecule has 0 aliphatic carbocycles. The van der Waals surface area contributed by atoms with Crippen molar-refractivity contribution in [2.24, 2.45) is 0 Å². The largest absolute Gasteiger partial charge is 0.159 e. The van der Waals surface area contributed by atoms with Gasteiger partial charge in [-0.05, 0) is 42.4 Å². The number of unbranched alkanes of at least 4 members (excludes halogenated alkanes) is 1. The van der Waals surface area contributed by atoms with Crippen LogP contribution in [0, 0.1) is 0 Å². The Hall–Kier alpha value is 0.700. The van der Waals surface area contributed by atoms with E-state index < -0.39 is 0 Å². The highest BCUT2D eigenvalue weighted by Gasteiger charge is 2.21. The molecule has 1 unspecified atom stereocenters.